The molecule has 0 spiro atoms. The molecule has 0 radical (unpaired) electrons. The van der Waals surface area contributed by atoms with Crippen LogP contribution in [-0.2, 0) is 4.57 Å². The van der Waals surface area contributed by atoms with E-state index in [1.807, 2.05) is 72.8 Å². The Labute approximate surface area is 297 Å². The summed E-state index contributed by atoms with van der Waals surface area (Å²) in [6.45, 7) is 0. The Morgan fingerprint density at radius 1 is 0.431 bits per heavy atom. The highest BCUT2D eigenvalue weighted by atomic mass is 31.2. The number of anilines is 3. The fourth-order valence-electron chi connectivity index (χ4n) is 7.97. The van der Waals surface area contributed by atoms with Crippen molar-refractivity contribution in [2.24, 2.45) is 0 Å². The average Bonchev–Trinajstić information content (AvgIpc) is 3.61. The number of benzene rings is 8. The van der Waals surface area contributed by atoms with Gasteiger partial charge in [-0.05, 0) is 81.1 Å². The van der Waals surface area contributed by atoms with E-state index in [9.17, 15) is 4.57 Å². The summed E-state index contributed by atoms with van der Waals surface area (Å²) in [6.07, 6.45) is 0.0331. The number of para-hydroxylation sites is 2. The Morgan fingerprint density at radius 2 is 1.00 bits per heavy atom. The van der Waals surface area contributed by atoms with Gasteiger partial charge in [-0.1, -0.05) is 146 Å². The van der Waals surface area contributed by atoms with Gasteiger partial charge in [-0.2, -0.15) is 0 Å². The smallest absolute Gasteiger partial charge is 0.171 e. The molecular formula is C47H33N2OP. The van der Waals surface area contributed by atoms with Crippen LogP contribution < -0.4 is 26.1 Å². The van der Waals surface area contributed by atoms with Gasteiger partial charge in [0.2, 0.25) is 0 Å². The minimum Gasteiger partial charge on any atom is -0.359 e. The van der Waals surface area contributed by atoms with Crippen LogP contribution in [0.4, 0.5) is 17.1 Å². The summed E-state index contributed by atoms with van der Waals surface area (Å²) in [7, 11) is -3.04. The van der Waals surface area contributed by atoms with Crippen molar-refractivity contribution >= 4 is 50.9 Å². The summed E-state index contributed by atoms with van der Waals surface area (Å²) in [4.78, 5) is 2.45. The van der Waals surface area contributed by atoms with E-state index in [0.29, 0.717) is 0 Å². The Hall–Kier alpha value is -6.15. The van der Waals surface area contributed by atoms with E-state index in [1.54, 1.807) is 0 Å². The summed E-state index contributed by atoms with van der Waals surface area (Å²) >= 11 is 0. The quantitative estimate of drug-likeness (QED) is 0.185. The normalized spacial score (nSPS) is 14.3. The molecular weight excluding hydrogens is 640 g/mol. The number of hydrogen-bond acceptors (Lipinski definition) is 3. The van der Waals surface area contributed by atoms with Gasteiger partial charge in [0.25, 0.3) is 0 Å². The van der Waals surface area contributed by atoms with Crippen molar-refractivity contribution in [1.82, 2.24) is 0 Å². The summed E-state index contributed by atoms with van der Waals surface area (Å²) in [5.74, 6) is 0. The molecule has 1 N–H and O–H groups in total. The van der Waals surface area contributed by atoms with E-state index in [4.69, 9.17) is 0 Å². The zero-order valence-corrected chi connectivity index (χ0v) is 28.7. The third-order valence-corrected chi connectivity index (χ3v) is 13.5. The van der Waals surface area contributed by atoms with E-state index in [1.165, 1.54) is 44.4 Å². The lowest BCUT2D eigenvalue weighted by atomic mass is 9.87. The first-order valence-corrected chi connectivity index (χ1v) is 19.1. The van der Waals surface area contributed by atoms with Crippen LogP contribution in [-0.4, -0.2) is 0 Å². The fraction of sp³-hybridized carbons (Fsp3) is 0.0213. The molecule has 0 saturated carbocycles. The van der Waals surface area contributed by atoms with Crippen molar-refractivity contribution in [3.05, 3.63) is 194 Å². The van der Waals surface area contributed by atoms with Crippen molar-refractivity contribution in [3.8, 4) is 33.4 Å². The minimum absolute atomic E-state index is 0.0331. The van der Waals surface area contributed by atoms with Gasteiger partial charge in [0, 0.05) is 27.0 Å². The van der Waals surface area contributed by atoms with Crippen LogP contribution in [0.2, 0.25) is 0 Å². The maximum absolute atomic E-state index is 14.9. The second-order valence-corrected chi connectivity index (χ2v) is 16.1. The molecule has 0 aliphatic carbocycles. The molecule has 8 aromatic carbocycles. The zero-order chi connectivity index (χ0) is 33.9. The monoisotopic (exact) mass is 672 g/mol. The average molecular weight is 673 g/mol. The summed E-state index contributed by atoms with van der Waals surface area (Å²) in [5, 5.41) is 8.81. The predicted octanol–water partition coefficient (Wildman–Crippen LogP) is 11.1. The molecule has 242 valence electrons. The summed E-state index contributed by atoms with van der Waals surface area (Å²) < 4.78 is 14.9. The third kappa shape index (κ3) is 4.77. The number of fused-ring (bicyclic) bond motifs is 9. The van der Waals surface area contributed by atoms with Crippen molar-refractivity contribution < 1.29 is 4.57 Å². The first-order chi connectivity index (χ1) is 25.1. The lowest BCUT2D eigenvalue weighted by molar-refractivity contribution is 0.592. The number of rotatable bonds is 5. The van der Waals surface area contributed by atoms with Crippen LogP contribution in [0.3, 0.4) is 0 Å². The lowest BCUT2D eigenvalue weighted by Gasteiger charge is -2.36. The van der Waals surface area contributed by atoms with Crippen LogP contribution in [0.5, 0.6) is 0 Å². The molecule has 2 aliphatic rings. The Morgan fingerprint density at radius 3 is 1.73 bits per heavy atom. The molecule has 2 heterocycles. The minimum atomic E-state index is -3.04. The van der Waals surface area contributed by atoms with Crippen LogP contribution in [0, 0.1) is 0 Å². The fourth-order valence-corrected chi connectivity index (χ4v) is 10.6. The van der Waals surface area contributed by atoms with Crippen LogP contribution in [0.1, 0.15) is 11.7 Å². The second kappa shape index (κ2) is 11.7. The van der Waals surface area contributed by atoms with Gasteiger partial charge in [-0.3, -0.25) is 0 Å². The Kier molecular flexibility index (Phi) is 6.84. The molecule has 1 unspecified atom stereocenters. The lowest BCUT2D eigenvalue weighted by Crippen LogP contribution is -2.27. The molecule has 8 aromatic rings. The van der Waals surface area contributed by atoms with Crippen LogP contribution >= 0.6 is 7.14 Å². The van der Waals surface area contributed by atoms with E-state index < -0.39 is 7.14 Å². The molecule has 0 saturated heterocycles. The molecule has 3 nitrogen and oxygen atoms in total. The van der Waals surface area contributed by atoms with Crippen molar-refractivity contribution in [1.29, 1.82) is 0 Å². The largest absolute Gasteiger partial charge is 0.359 e. The molecule has 10 rings (SSSR count). The molecule has 0 amide bonds. The molecule has 1 atom stereocenters. The topological polar surface area (TPSA) is 32.3 Å². The van der Waals surface area contributed by atoms with Crippen LogP contribution in [0.25, 0.3) is 44.2 Å². The molecule has 51 heavy (non-hydrogen) atoms. The van der Waals surface area contributed by atoms with Gasteiger partial charge in [0.15, 0.2) is 7.14 Å². The third-order valence-electron chi connectivity index (χ3n) is 10.5. The van der Waals surface area contributed by atoms with Gasteiger partial charge >= 0.3 is 0 Å². The van der Waals surface area contributed by atoms with Gasteiger partial charge in [-0.15, -0.1) is 0 Å². The number of nitrogens with zero attached hydrogens (tertiary/aromatic N) is 1. The SMILES string of the molecule is O=P(c1ccccc1)(c1ccccc1)c1ccc(-c2cccc(-c3ccc4c(c3)-c3cc5ccccc5cc3C3Nc5ccccc5N43)c2)cc1. The van der Waals surface area contributed by atoms with Gasteiger partial charge in [0.1, 0.15) is 6.17 Å². The first kappa shape index (κ1) is 29.7. The van der Waals surface area contributed by atoms with Crippen LogP contribution in [0.15, 0.2) is 188 Å². The van der Waals surface area contributed by atoms with Crippen molar-refractivity contribution in [2.75, 3.05) is 10.2 Å². The predicted molar refractivity (Wildman–Crippen MR) is 215 cm³/mol. The first-order valence-electron chi connectivity index (χ1n) is 17.4. The second-order valence-electron chi connectivity index (χ2n) is 13.4. The molecule has 0 bridgehead atoms. The molecule has 4 heteroatoms. The number of hydrogen-bond donors (Lipinski definition) is 1. The highest BCUT2D eigenvalue weighted by molar-refractivity contribution is 7.85. The van der Waals surface area contributed by atoms with Gasteiger partial charge in [-0.25, -0.2) is 0 Å². The maximum Gasteiger partial charge on any atom is 0.171 e. The summed E-state index contributed by atoms with van der Waals surface area (Å²) in [5.41, 5.74) is 11.9. The zero-order valence-electron chi connectivity index (χ0n) is 27.8. The molecule has 0 fully saturated rings. The Bertz CT molecular complexity index is 2610. The van der Waals surface area contributed by atoms with E-state index >= 15 is 0 Å². The highest BCUT2D eigenvalue weighted by Crippen LogP contribution is 2.55. The van der Waals surface area contributed by atoms with Gasteiger partial charge in [0.05, 0.1) is 17.1 Å². The van der Waals surface area contributed by atoms with E-state index in [2.05, 4.69) is 125 Å². The molecule has 2 aliphatic heterocycles. The number of nitrogens with one attached hydrogen (secondary N) is 1. The molecule has 0 aromatic heterocycles. The van der Waals surface area contributed by atoms with Crippen molar-refractivity contribution in [2.45, 2.75) is 6.17 Å². The van der Waals surface area contributed by atoms with E-state index in [-0.39, 0.29) is 6.17 Å². The summed E-state index contributed by atoms with van der Waals surface area (Å²) in [6, 6.07) is 65.6. The van der Waals surface area contributed by atoms with E-state index in [0.717, 1.165) is 38.3 Å². The Balaban J connectivity index is 1.05. The van der Waals surface area contributed by atoms with Gasteiger partial charge < -0.3 is 14.8 Å². The van der Waals surface area contributed by atoms with Crippen molar-refractivity contribution in [3.63, 3.8) is 0 Å². The standard InChI is InChI=1S/C47H33N2OP/c50-51(38-16-3-1-4-17-38,39-18-5-2-6-19-39)40-25-22-32(23-26-40)33-14-11-15-34(28-33)37-24-27-45-42(30-37)41-29-35-12-7-8-13-36(35)31-43(41)47-48-44-20-9-10-21-46(44)49(45)47/h1-31,47-48H. The highest BCUT2D eigenvalue weighted by Gasteiger charge is 2.38. The maximum atomic E-state index is 14.9.